The number of fused-ring (bicyclic) bond motifs is 1. The molecule has 0 spiro atoms. The van der Waals surface area contributed by atoms with Gasteiger partial charge in [-0.25, -0.2) is 19.3 Å². The van der Waals surface area contributed by atoms with E-state index < -0.39 is 0 Å². The molecular formula is C15H17N9O. The molecule has 1 aliphatic heterocycles. The molecule has 3 aromatic heterocycles. The minimum Gasteiger partial charge on any atom is -0.351 e. The van der Waals surface area contributed by atoms with E-state index in [4.69, 9.17) is 0 Å². The molecule has 0 aliphatic carbocycles. The van der Waals surface area contributed by atoms with Gasteiger partial charge in [0.1, 0.15) is 12.7 Å². The summed E-state index contributed by atoms with van der Waals surface area (Å²) in [4.78, 5) is 21.0. The highest BCUT2D eigenvalue weighted by Crippen LogP contribution is 2.24. The summed E-state index contributed by atoms with van der Waals surface area (Å²) < 4.78 is 3.30. The first kappa shape index (κ1) is 15.4. The highest BCUT2D eigenvalue weighted by molar-refractivity contribution is 5.82. The maximum Gasteiger partial charge on any atom is 0.231 e. The molecule has 1 N–H and O–H groups in total. The third kappa shape index (κ3) is 3.10. The van der Waals surface area contributed by atoms with E-state index in [0.29, 0.717) is 18.2 Å². The number of rotatable bonds is 4. The first-order valence-electron chi connectivity index (χ1n) is 8.15. The summed E-state index contributed by atoms with van der Waals surface area (Å²) in [6.45, 7) is 1.10. The van der Waals surface area contributed by atoms with Gasteiger partial charge in [-0.1, -0.05) is 12.5 Å². The smallest absolute Gasteiger partial charge is 0.231 e. The minimum atomic E-state index is -0.330. The number of carbonyl (C=O) groups is 1. The molecule has 0 unspecified atom stereocenters. The van der Waals surface area contributed by atoms with Crippen LogP contribution in [0.1, 0.15) is 36.6 Å². The molecule has 0 bridgehead atoms. The summed E-state index contributed by atoms with van der Waals surface area (Å²) >= 11 is 0. The second-order valence-corrected chi connectivity index (χ2v) is 5.85. The van der Waals surface area contributed by atoms with Crippen molar-refractivity contribution in [3.8, 4) is 5.82 Å². The Morgan fingerprint density at radius 2 is 2.32 bits per heavy atom. The summed E-state index contributed by atoms with van der Waals surface area (Å²) in [5, 5.41) is 18.8. The van der Waals surface area contributed by atoms with Crippen LogP contribution in [0.3, 0.4) is 0 Å². The summed E-state index contributed by atoms with van der Waals surface area (Å²) in [6.07, 6.45) is 7.38. The summed E-state index contributed by atoms with van der Waals surface area (Å²) in [5.41, 5.74) is 0.856. The molecular weight excluding hydrogens is 322 g/mol. The van der Waals surface area contributed by atoms with E-state index in [9.17, 15) is 4.79 Å². The van der Waals surface area contributed by atoms with Crippen molar-refractivity contribution in [1.82, 2.24) is 45.3 Å². The largest absolute Gasteiger partial charge is 0.351 e. The molecule has 10 heteroatoms. The van der Waals surface area contributed by atoms with Crippen LogP contribution in [-0.2, 0) is 17.9 Å². The zero-order valence-electron chi connectivity index (χ0n) is 13.5. The van der Waals surface area contributed by atoms with Crippen molar-refractivity contribution in [3.05, 3.63) is 42.4 Å². The summed E-state index contributed by atoms with van der Waals surface area (Å²) in [5.74, 6) is 0.874. The van der Waals surface area contributed by atoms with Crippen molar-refractivity contribution in [3.63, 3.8) is 0 Å². The number of pyridine rings is 1. The van der Waals surface area contributed by atoms with E-state index in [1.165, 1.54) is 6.33 Å². The molecule has 1 amide bonds. The molecule has 0 saturated heterocycles. The number of aromatic nitrogens is 8. The number of amides is 1. The quantitative estimate of drug-likeness (QED) is 0.723. The number of hydrogen-bond acceptors (Lipinski definition) is 7. The Balaban J connectivity index is 1.50. The SMILES string of the molecule is O=C(NCc1cccnc1-n1cncn1)[C@@H]1CCCCn2nnnc21. The van der Waals surface area contributed by atoms with Gasteiger partial charge in [0.25, 0.3) is 0 Å². The van der Waals surface area contributed by atoms with Gasteiger partial charge in [0, 0.05) is 24.8 Å². The van der Waals surface area contributed by atoms with Crippen molar-refractivity contribution in [2.45, 2.75) is 38.3 Å². The van der Waals surface area contributed by atoms with Gasteiger partial charge in [0.05, 0.1) is 5.92 Å². The Morgan fingerprint density at radius 1 is 1.36 bits per heavy atom. The van der Waals surface area contributed by atoms with Crippen molar-refractivity contribution < 1.29 is 4.79 Å². The van der Waals surface area contributed by atoms with Crippen molar-refractivity contribution >= 4 is 5.91 Å². The minimum absolute atomic E-state index is 0.0775. The third-order valence-corrected chi connectivity index (χ3v) is 4.26. The number of hydrogen-bond donors (Lipinski definition) is 1. The molecule has 4 heterocycles. The van der Waals surface area contributed by atoms with E-state index in [1.54, 1.807) is 21.9 Å². The Morgan fingerprint density at radius 3 is 3.20 bits per heavy atom. The molecule has 0 aromatic carbocycles. The first-order valence-corrected chi connectivity index (χ1v) is 8.15. The van der Waals surface area contributed by atoms with Gasteiger partial charge >= 0.3 is 0 Å². The molecule has 25 heavy (non-hydrogen) atoms. The highest BCUT2D eigenvalue weighted by Gasteiger charge is 2.28. The van der Waals surface area contributed by atoms with Crippen LogP contribution in [0.5, 0.6) is 0 Å². The summed E-state index contributed by atoms with van der Waals surface area (Å²) in [6, 6.07) is 3.73. The molecule has 128 valence electrons. The lowest BCUT2D eigenvalue weighted by Crippen LogP contribution is -2.30. The number of carbonyl (C=O) groups excluding carboxylic acids is 1. The number of aryl methyl sites for hydroxylation is 1. The Kier molecular flexibility index (Phi) is 4.15. The second kappa shape index (κ2) is 6.75. The maximum atomic E-state index is 12.7. The lowest BCUT2D eigenvalue weighted by atomic mass is 10.0. The van der Waals surface area contributed by atoms with Gasteiger partial charge in [0.2, 0.25) is 5.91 Å². The van der Waals surface area contributed by atoms with Crippen molar-refractivity contribution in [2.75, 3.05) is 0 Å². The van der Waals surface area contributed by atoms with Gasteiger partial charge in [-0.15, -0.1) is 5.10 Å². The zero-order valence-corrected chi connectivity index (χ0v) is 13.5. The van der Waals surface area contributed by atoms with Crippen LogP contribution in [0.4, 0.5) is 0 Å². The standard InChI is InChI=1S/C15H17N9O/c25-15(12-5-1-2-7-23-14(12)20-21-22-23)18-8-11-4-3-6-17-13(11)24-10-16-9-19-24/h3-4,6,9-10,12H,1-2,5,7-8H2,(H,18,25)/t12-/m1/s1. The molecule has 4 rings (SSSR count). The predicted molar refractivity (Wildman–Crippen MR) is 85.4 cm³/mol. The number of tetrazole rings is 1. The van der Waals surface area contributed by atoms with E-state index in [-0.39, 0.29) is 11.8 Å². The van der Waals surface area contributed by atoms with Crippen LogP contribution in [0.15, 0.2) is 31.0 Å². The Labute approximate surface area is 143 Å². The van der Waals surface area contributed by atoms with Gasteiger partial charge in [-0.05, 0) is 29.3 Å². The topological polar surface area (TPSA) is 116 Å². The van der Waals surface area contributed by atoms with Crippen LogP contribution >= 0.6 is 0 Å². The van der Waals surface area contributed by atoms with Crippen LogP contribution in [0, 0.1) is 0 Å². The molecule has 3 aromatic rings. The molecule has 0 fully saturated rings. The lowest BCUT2D eigenvalue weighted by Gasteiger charge is -2.14. The van der Waals surface area contributed by atoms with Crippen LogP contribution in [0.2, 0.25) is 0 Å². The van der Waals surface area contributed by atoms with Gasteiger partial charge in [0.15, 0.2) is 11.6 Å². The zero-order chi connectivity index (χ0) is 17.1. The fourth-order valence-electron chi connectivity index (χ4n) is 3.01. The van der Waals surface area contributed by atoms with Gasteiger partial charge in [-0.2, -0.15) is 5.10 Å². The fraction of sp³-hybridized carbons (Fsp3) is 0.400. The van der Waals surface area contributed by atoms with Crippen molar-refractivity contribution in [2.24, 2.45) is 0 Å². The normalized spacial score (nSPS) is 16.9. The second-order valence-electron chi connectivity index (χ2n) is 5.85. The van der Waals surface area contributed by atoms with Gasteiger partial charge in [-0.3, -0.25) is 4.79 Å². The fourth-order valence-corrected chi connectivity index (χ4v) is 3.01. The van der Waals surface area contributed by atoms with Gasteiger partial charge < -0.3 is 5.32 Å². The van der Waals surface area contributed by atoms with E-state index >= 15 is 0 Å². The van der Waals surface area contributed by atoms with Crippen LogP contribution < -0.4 is 5.32 Å². The molecule has 10 nitrogen and oxygen atoms in total. The summed E-state index contributed by atoms with van der Waals surface area (Å²) in [7, 11) is 0. The predicted octanol–water partition coefficient (Wildman–Crippen LogP) is 0.233. The van der Waals surface area contributed by atoms with E-state index in [0.717, 1.165) is 31.4 Å². The van der Waals surface area contributed by atoms with Crippen LogP contribution in [-0.4, -0.2) is 45.9 Å². The number of nitrogens with one attached hydrogen (secondary N) is 1. The Hall–Kier alpha value is -3.17. The first-order chi connectivity index (χ1) is 12.3. The van der Waals surface area contributed by atoms with Crippen LogP contribution in [0.25, 0.3) is 5.82 Å². The molecule has 1 aliphatic rings. The van der Waals surface area contributed by atoms with Crippen molar-refractivity contribution in [1.29, 1.82) is 0 Å². The monoisotopic (exact) mass is 339 g/mol. The number of nitrogens with zero attached hydrogens (tertiary/aromatic N) is 8. The average molecular weight is 339 g/mol. The molecule has 1 atom stereocenters. The molecule has 0 radical (unpaired) electrons. The highest BCUT2D eigenvalue weighted by atomic mass is 16.1. The van der Waals surface area contributed by atoms with E-state index in [1.807, 2.05) is 12.1 Å². The average Bonchev–Trinajstić information content (AvgIpc) is 3.29. The maximum absolute atomic E-state index is 12.7. The lowest BCUT2D eigenvalue weighted by molar-refractivity contribution is -0.123. The third-order valence-electron chi connectivity index (χ3n) is 4.26. The molecule has 0 saturated carbocycles. The Bertz CT molecular complexity index is 858. The van der Waals surface area contributed by atoms with E-state index in [2.05, 4.69) is 35.9 Å².